The second kappa shape index (κ2) is 7.04. The molecule has 1 fully saturated rings. The lowest BCUT2D eigenvalue weighted by atomic mass is 10.1. The number of benzene rings is 1. The van der Waals surface area contributed by atoms with Crippen LogP contribution in [0.5, 0.6) is 0 Å². The second-order valence-corrected chi connectivity index (χ2v) is 6.20. The number of thiocarbonyl (C=S) groups is 1. The van der Waals surface area contributed by atoms with E-state index in [9.17, 15) is 4.79 Å². The molecule has 1 amide bonds. The molecule has 6 heteroatoms. The van der Waals surface area contributed by atoms with Crippen LogP contribution in [0, 0.1) is 0 Å². The van der Waals surface area contributed by atoms with Crippen LogP contribution in [0.4, 0.5) is 5.69 Å². The summed E-state index contributed by atoms with van der Waals surface area (Å²) in [6.07, 6.45) is 3.41. The van der Waals surface area contributed by atoms with Crippen LogP contribution in [-0.4, -0.2) is 35.4 Å². The minimum absolute atomic E-state index is 0.124. The Morgan fingerprint density at radius 2 is 2.05 bits per heavy atom. The Hall–Kier alpha value is -1.14. The number of hydrogen-bond acceptors (Lipinski definition) is 3. The normalized spacial score (nSPS) is 14.9. The molecule has 4 nitrogen and oxygen atoms in total. The molecule has 1 aliphatic heterocycles. The minimum atomic E-state index is 0.124. The third-order valence-electron chi connectivity index (χ3n) is 3.39. The molecule has 0 aromatic heterocycles. The first-order valence-electron chi connectivity index (χ1n) is 6.69. The monoisotopic (exact) mass is 355 g/mol. The van der Waals surface area contributed by atoms with Gasteiger partial charge in [0.15, 0.2) is 0 Å². The Bertz CT molecular complexity index is 515. The summed E-state index contributed by atoms with van der Waals surface area (Å²) in [6, 6.07) is 5.62. The van der Waals surface area contributed by atoms with Crippen molar-refractivity contribution in [2.45, 2.75) is 19.3 Å². The number of hydrogen-bond donors (Lipinski definition) is 2. The molecular weight excluding hydrogens is 338 g/mol. The molecule has 1 aromatic carbocycles. The molecule has 1 heterocycles. The van der Waals surface area contributed by atoms with Gasteiger partial charge in [-0.2, -0.15) is 0 Å². The molecule has 0 aliphatic carbocycles. The fourth-order valence-corrected chi connectivity index (χ4v) is 2.84. The highest BCUT2D eigenvalue weighted by molar-refractivity contribution is 9.10. The Labute approximate surface area is 132 Å². The first-order valence-corrected chi connectivity index (χ1v) is 7.89. The third kappa shape index (κ3) is 3.93. The fourth-order valence-electron chi connectivity index (χ4n) is 2.30. The lowest BCUT2D eigenvalue weighted by molar-refractivity contribution is -0.130. The van der Waals surface area contributed by atoms with Crippen LogP contribution in [0.2, 0.25) is 0 Å². The van der Waals surface area contributed by atoms with Gasteiger partial charge in [-0.05, 0) is 37.5 Å². The van der Waals surface area contributed by atoms with Gasteiger partial charge in [-0.1, -0.05) is 28.1 Å². The summed E-state index contributed by atoms with van der Waals surface area (Å²) >= 11 is 8.43. The minimum Gasteiger partial charge on any atom is -0.389 e. The van der Waals surface area contributed by atoms with Gasteiger partial charge in [-0.3, -0.25) is 4.79 Å². The molecule has 0 saturated carbocycles. The number of rotatable bonds is 4. The van der Waals surface area contributed by atoms with Crippen LogP contribution in [0.1, 0.15) is 24.8 Å². The van der Waals surface area contributed by atoms with E-state index in [1.807, 2.05) is 23.1 Å². The first kappa shape index (κ1) is 15.3. The standard InChI is InChI=1S/C14H18BrN3OS/c15-10-4-5-11(14(16)20)12(8-10)17-9-13(19)18-6-2-1-3-7-18/h4-5,8,17H,1-3,6-7,9H2,(H2,16,20). The van der Waals surface area contributed by atoms with Crippen LogP contribution >= 0.6 is 28.1 Å². The van der Waals surface area contributed by atoms with E-state index in [1.165, 1.54) is 6.42 Å². The van der Waals surface area contributed by atoms with Gasteiger partial charge in [0, 0.05) is 28.8 Å². The Balaban J connectivity index is 2.01. The maximum Gasteiger partial charge on any atom is 0.241 e. The maximum atomic E-state index is 12.1. The van der Waals surface area contributed by atoms with Crippen LogP contribution < -0.4 is 11.1 Å². The average Bonchev–Trinajstić information content (AvgIpc) is 2.45. The molecule has 0 spiro atoms. The highest BCUT2D eigenvalue weighted by atomic mass is 79.9. The van der Waals surface area contributed by atoms with Crippen molar-refractivity contribution >= 4 is 44.7 Å². The summed E-state index contributed by atoms with van der Waals surface area (Å²) in [5, 5.41) is 3.14. The number of nitrogens with zero attached hydrogens (tertiary/aromatic N) is 1. The largest absolute Gasteiger partial charge is 0.389 e. The van der Waals surface area contributed by atoms with Crippen molar-refractivity contribution in [3.05, 3.63) is 28.2 Å². The predicted molar refractivity (Wildman–Crippen MR) is 89.0 cm³/mol. The smallest absolute Gasteiger partial charge is 0.241 e. The first-order chi connectivity index (χ1) is 9.58. The molecule has 0 radical (unpaired) electrons. The Kier molecular flexibility index (Phi) is 5.37. The van der Waals surface area contributed by atoms with Crippen LogP contribution in [-0.2, 0) is 4.79 Å². The van der Waals surface area contributed by atoms with E-state index in [0.717, 1.165) is 41.7 Å². The van der Waals surface area contributed by atoms with Gasteiger partial charge in [-0.25, -0.2) is 0 Å². The van der Waals surface area contributed by atoms with Crippen LogP contribution in [0.15, 0.2) is 22.7 Å². The van der Waals surface area contributed by atoms with E-state index in [0.29, 0.717) is 4.99 Å². The van der Waals surface area contributed by atoms with Gasteiger partial charge in [0.25, 0.3) is 0 Å². The topological polar surface area (TPSA) is 58.4 Å². The Morgan fingerprint density at radius 3 is 2.70 bits per heavy atom. The predicted octanol–water partition coefficient (Wildman–Crippen LogP) is 2.51. The molecular formula is C14H18BrN3OS. The van der Waals surface area contributed by atoms with E-state index in [1.54, 1.807) is 0 Å². The highest BCUT2D eigenvalue weighted by Crippen LogP contribution is 2.21. The zero-order valence-corrected chi connectivity index (χ0v) is 13.6. The fraction of sp³-hybridized carbons (Fsp3) is 0.429. The molecule has 0 unspecified atom stereocenters. The lowest BCUT2D eigenvalue weighted by Gasteiger charge is -2.27. The third-order valence-corrected chi connectivity index (χ3v) is 4.10. The van der Waals surface area contributed by atoms with E-state index < -0.39 is 0 Å². The molecule has 20 heavy (non-hydrogen) atoms. The summed E-state index contributed by atoms with van der Waals surface area (Å²) < 4.78 is 0.922. The van der Waals surface area contributed by atoms with Crippen molar-refractivity contribution in [3.63, 3.8) is 0 Å². The van der Waals surface area contributed by atoms with Gasteiger partial charge in [-0.15, -0.1) is 0 Å². The van der Waals surface area contributed by atoms with E-state index in [-0.39, 0.29) is 12.5 Å². The van der Waals surface area contributed by atoms with E-state index in [4.69, 9.17) is 18.0 Å². The summed E-state index contributed by atoms with van der Waals surface area (Å²) in [5.74, 6) is 0.124. The number of likely N-dealkylation sites (tertiary alicyclic amines) is 1. The van der Waals surface area contributed by atoms with Gasteiger partial charge >= 0.3 is 0 Å². The number of amides is 1. The number of carbonyl (C=O) groups is 1. The molecule has 1 aromatic rings. The lowest BCUT2D eigenvalue weighted by Crippen LogP contribution is -2.39. The molecule has 2 rings (SSSR count). The van der Waals surface area contributed by atoms with Crippen molar-refractivity contribution in [3.8, 4) is 0 Å². The summed E-state index contributed by atoms with van der Waals surface area (Å²) in [7, 11) is 0. The zero-order valence-electron chi connectivity index (χ0n) is 11.2. The van der Waals surface area contributed by atoms with Gasteiger partial charge < -0.3 is 16.0 Å². The molecule has 0 atom stereocenters. The van der Waals surface area contributed by atoms with Crippen molar-refractivity contribution in [2.75, 3.05) is 25.0 Å². The van der Waals surface area contributed by atoms with Crippen molar-refractivity contribution < 1.29 is 4.79 Å². The van der Waals surface area contributed by atoms with Gasteiger partial charge in [0.05, 0.1) is 6.54 Å². The molecule has 1 saturated heterocycles. The van der Waals surface area contributed by atoms with E-state index >= 15 is 0 Å². The highest BCUT2D eigenvalue weighted by Gasteiger charge is 2.16. The maximum absolute atomic E-state index is 12.1. The van der Waals surface area contributed by atoms with Crippen molar-refractivity contribution in [2.24, 2.45) is 5.73 Å². The number of halogens is 1. The molecule has 1 aliphatic rings. The van der Waals surface area contributed by atoms with Crippen LogP contribution in [0.3, 0.4) is 0 Å². The number of carbonyl (C=O) groups excluding carboxylic acids is 1. The molecule has 3 N–H and O–H groups in total. The summed E-state index contributed by atoms with van der Waals surface area (Å²) in [5.41, 5.74) is 7.24. The molecule has 0 bridgehead atoms. The zero-order chi connectivity index (χ0) is 14.5. The SMILES string of the molecule is NC(=S)c1ccc(Br)cc1NCC(=O)N1CCCCC1. The Morgan fingerprint density at radius 1 is 1.35 bits per heavy atom. The van der Waals surface area contributed by atoms with Crippen molar-refractivity contribution in [1.29, 1.82) is 0 Å². The van der Waals surface area contributed by atoms with Crippen molar-refractivity contribution in [1.82, 2.24) is 4.90 Å². The van der Waals surface area contributed by atoms with Crippen LogP contribution in [0.25, 0.3) is 0 Å². The van der Waals surface area contributed by atoms with E-state index in [2.05, 4.69) is 21.2 Å². The summed E-state index contributed by atoms with van der Waals surface area (Å²) in [6.45, 7) is 1.99. The molecule has 108 valence electrons. The number of piperidine rings is 1. The number of nitrogens with one attached hydrogen (secondary N) is 1. The average molecular weight is 356 g/mol. The summed E-state index contributed by atoms with van der Waals surface area (Å²) in [4.78, 5) is 14.4. The number of nitrogens with two attached hydrogens (primary N) is 1. The van der Waals surface area contributed by atoms with Gasteiger partial charge in [0.2, 0.25) is 5.91 Å². The number of anilines is 1. The van der Waals surface area contributed by atoms with Gasteiger partial charge in [0.1, 0.15) is 4.99 Å². The second-order valence-electron chi connectivity index (χ2n) is 4.85. The quantitative estimate of drug-likeness (QED) is 0.814.